The Morgan fingerprint density at radius 3 is 2.48 bits per heavy atom. The highest BCUT2D eigenvalue weighted by molar-refractivity contribution is 7.99. The fraction of sp³-hybridized carbons (Fsp3) is 0.562. The SMILES string of the molecule is CCN(CC)C(=O)CN(C)C(=O)CSc1nnc2nc(C)cc(C)n12. The maximum Gasteiger partial charge on any atom is 0.256 e. The molecule has 2 amide bonds. The standard InChI is InChI=1S/C16H24N6O2S/c1-6-21(7-2)13(23)9-20(5)14(24)10-25-16-19-18-15-17-11(3)8-12(4)22(15)16/h8H,6-7,9-10H2,1-5H3. The number of aryl methyl sites for hydroxylation is 2. The predicted molar refractivity (Wildman–Crippen MR) is 96.5 cm³/mol. The maximum absolute atomic E-state index is 12.3. The van der Waals surface area contributed by atoms with Crippen LogP contribution in [0, 0.1) is 13.8 Å². The van der Waals surface area contributed by atoms with Crippen LogP contribution in [-0.4, -0.2) is 73.6 Å². The fourth-order valence-corrected chi connectivity index (χ4v) is 3.42. The number of carbonyl (C=O) groups excluding carboxylic acids is 2. The number of thioether (sulfide) groups is 1. The van der Waals surface area contributed by atoms with Crippen LogP contribution >= 0.6 is 11.8 Å². The molecule has 0 aliphatic rings. The first-order chi connectivity index (χ1) is 11.9. The molecule has 0 aliphatic carbocycles. The summed E-state index contributed by atoms with van der Waals surface area (Å²) >= 11 is 1.29. The number of hydrogen-bond acceptors (Lipinski definition) is 6. The first kappa shape index (κ1) is 19.2. The van der Waals surface area contributed by atoms with Crippen LogP contribution in [0.2, 0.25) is 0 Å². The lowest BCUT2D eigenvalue weighted by atomic mass is 10.3. The highest BCUT2D eigenvalue weighted by Gasteiger charge is 2.18. The average molecular weight is 364 g/mol. The second-order valence-electron chi connectivity index (χ2n) is 5.76. The van der Waals surface area contributed by atoms with Gasteiger partial charge in [0.05, 0.1) is 12.3 Å². The van der Waals surface area contributed by atoms with Crippen LogP contribution in [0.25, 0.3) is 5.78 Å². The Kier molecular flexibility index (Phi) is 6.35. The number of fused-ring (bicyclic) bond motifs is 1. The minimum absolute atomic E-state index is 0.0469. The van der Waals surface area contributed by atoms with Gasteiger partial charge in [0, 0.05) is 31.5 Å². The molecule has 0 atom stereocenters. The number of amides is 2. The quantitative estimate of drug-likeness (QED) is 0.686. The van der Waals surface area contributed by atoms with Crippen molar-refractivity contribution in [3.8, 4) is 0 Å². The van der Waals surface area contributed by atoms with Crippen molar-refractivity contribution in [2.75, 3.05) is 32.4 Å². The zero-order valence-corrected chi connectivity index (χ0v) is 16.1. The van der Waals surface area contributed by atoms with Gasteiger partial charge in [-0.25, -0.2) is 4.98 Å². The van der Waals surface area contributed by atoms with E-state index < -0.39 is 0 Å². The van der Waals surface area contributed by atoms with Gasteiger partial charge in [-0.15, -0.1) is 10.2 Å². The van der Waals surface area contributed by atoms with Gasteiger partial charge < -0.3 is 9.80 Å². The molecule has 9 heteroatoms. The van der Waals surface area contributed by atoms with Crippen LogP contribution in [0.15, 0.2) is 11.2 Å². The Balaban J connectivity index is 1.99. The summed E-state index contributed by atoms with van der Waals surface area (Å²) in [7, 11) is 1.64. The monoisotopic (exact) mass is 364 g/mol. The Morgan fingerprint density at radius 2 is 1.84 bits per heavy atom. The Labute approximate surface area is 151 Å². The van der Waals surface area contributed by atoms with Crippen molar-refractivity contribution in [1.82, 2.24) is 29.4 Å². The second-order valence-corrected chi connectivity index (χ2v) is 6.70. The molecule has 0 aliphatic heterocycles. The van der Waals surface area contributed by atoms with E-state index in [1.807, 2.05) is 38.2 Å². The van der Waals surface area contributed by atoms with Crippen LogP contribution in [0.1, 0.15) is 25.2 Å². The van der Waals surface area contributed by atoms with E-state index in [1.165, 1.54) is 16.7 Å². The van der Waals surface area contributed by atoms with Crippen LogP contribution in [-0.2, 0) is 9.59 Å². The van der Waals surface area contributed by atoms with Crippen molar-refractivity contribution in [1.29, 1.82) is 0 Å². The summed E-state index contributed by atoms with van der Waals surface area (Å²) in [6.45, 7) is 9.07. The summed E-state index contributed by atoms with van der Waals surface area (Å²) < 4.78 is 1.83. The summed E-state index contributed by atoms with van der Waals surface area (Å²) in [4.78, 5) is 31.9. The third-order valence-electron chi connectivity index (χ3n) is 3.90. The third kappa shape index (κ3) is 4.47. The summed E-state index contributed by atoms with van der Waals surface area (Å²) in [5.41, 5.74) is 1.84. The largest absolute Gasteiger partial charge is 0.342 e. The van der Waals surface area contributed by atoms with Gasteiger partial charge in [0.2, 0.25) is 11.8 Å². The molecule has 0 saturated heterocycles. The fourth-order valence-electron chi connectivity index (χ4n) is 2.50. The summed E-state index contributed by atoms with van der Waals surface area (Å²) in [5, 5.41) is 8.79. The number of hydrogen-bond donors (Lipinski definition) is 0. The Bertz CT molecular complexity index is 771. The number of nitrogens with zero attached hydrogens (tertiary/aromatic N) is 6. The van der Waals surface area contributed by atoms with Crippen molar-refractivity contribution in [2.45, 2.75) is 32.9 Å². The topological polar surface area (TPSA) is 83.7 Å². The molecule has 0 spiro atoms. The van der Waals surface area contributed by atoms with Crippen LogP contribution in [0.3, 0.4) is 0 Å². The van der Waals surface area contributed by atoms with E-state index in [-0.39, 0.29) is 24.1 Å². The first-order valence-electron chi connectivity index (χ1n) is 8.21. The molecule has 2 rings (SSSR count). The lowest BCUT2D eigenvalue weighted by Gasteiger charge is -2.23. The number of carbonyl (C=O) groups is 2. The van der Waals surface area contributed by atoms with Gasteiger partial charge >= 0.3 is 0 Å². The van der Waals surface area contributed by atoms with E-state index in [0.717, 1.165) is 11.4 Å². The average Bonchev–Trinajstić information content (AvgIpc) is 2.96. The summed E-state index contributed by atoms with van der Waals surface area (Å²) in [6, 6.07) is 1.94. The molecule has 2 aromatic rings. The summed E-state index contributed by atoms with van der Waals surface area (Å²) in [5.74, 6) is 0.544. The molecule has 8 nitrogen and oxygen atoms in total. The molecule has 0 unspecified atom stereocenters. The van der Waals surface area contributed by atoms with Gasteiger partial charge in [0.25, 0.3) is 5.78 Å². The van der Waals surface area contributed by atoms with E-state index in [2.05, 4.69) is 15.2 Å². The molecule has 25 heavy (non-hydrogen) atoms. The van der Waals surface area contributed by atoms with Crippen molar-refractivity contribution < 1.29 is 9.59 Å². The van der Waals surface area contributed by atoms with Crippen molar-refractivity contribution in [3.63, 3.8) is 0 Å². The van der Waals surface area contributed by atoms with Gasteiger partial charge in [-0.2, -0.15) is 0 Å². The molecule has 136 valence electrons. The van der Waals surface area contributed by atoms with E-state index >= 15 is 0 Å². The van der Waals surface area contributed by atoms with E-state index in [0.29, 0.717) is 24.0 Å². The molecule has 2 aromatic heterocycles. The minimum Gasteiger partial charge on any atom is -0.342 e. The van der Waals surface area contributed by atoms with E-state index in [1.54, 1.807) is 11.9 Å². The van der Waals surface area contributed by atoms with Gasteiger partial charge in [-0.1, -0.05) is 11.8 Å². The molecule has 2 heterocycles. The first-order valence-corrected chi connectivity index (χ1v) is 9.19. The van der Waals surface area contributed by atoms with E-state index in [4.69, 9.17) is 0 Å². The Hall–Kier alpha value is -2.16. The maximum atomic E-state index is 12.3. The van der Waals surface area contributed by atoms with Gasteiger partial charge in [-0.05, 0) is 33.8 Å². The second kappa shape index (κ2) is 8.28. The van der Waals surface area contributed by atoms with Crippen molar-refractivity contribution in [2.24, 2.45) is 0 Å². The highest BCUT2D eigenvalue weighted by atomic mass is 32.2. The molecular weight excluding hydrogens is 340 g/mol. The van der Waals surface area contributed by atoms with Crippen LogP contribution < -0.4 is 0 Å². The number of rotatable bonds is 7. The zero-order valence-electron chi connectivity index (χ0n) is 15.3. The third-order valence-corrected chi connectivity index (χ3v) is 4.82. The molecule has 0 aromatic carbocycles. The molecule has 0 saturated carbocycles. The lowest BCUT2D eigenvalue weighted by molar-refractivity contribution is -0.137. The van der Waals surface area contributed by atoms with Crippen molar-refractivity contribution >= 4 is 29.4 Å². The molecule has 0 bridgehead atoms. The van der Waals surface area contributed by atoms with E-state index in [9.17, 15) is 9.59 Å². The number of likely N-dealkylation sites (N-methyl/N-ethyl adjacent to an activating group) is 2. The molecule has 0 N–H and O–H groups in total. The highest BCUT2D eigenvalue weighted by Crippen LogP contribution is 2.18. The normalized spacial score (nSPS) is 10.9. The Morgan fingerprint density at radius 1 is 1.16 bits per heavy atom. The smallest absolute Gasteiger partial charge is 0.256 e. The van der Waals surface area contributed by atoms with Gasteiger partial charge in [-0.3, -0.25) is 14.0 Å². The zero-order chi connectivity index (χ0) is 18.6. The molecule has 0 radical (unpaired) electrons. The van der Waals surface area contributed by atoms with Crippen molar-refractivity contribution in [3.05, 3.63) is 17.5 Å². The van der Waals surface area contributed by atoms with Gasteiger partial charge in [0.1, 0.15) is 0 Å². The number of aromatic nitrogens is 4. The van der Waals surface area contributed by atoms with Gasteiger partial charge in [0.15, 0.2) is 5.16 Å². The lowest BCUT2D eigenvalue weighted by Crippen LogP contribution is -2.41. The van der Waals surface area contributed by atoms with Crippen LogP contribution in [0.4, 0.5) is 0 Å². The predicted octanol–water partition coefficient (Wildman–Crippen LogP) is 1.16. The summed E-state index contributed by atoms with van der Waals surface area (Å²) in [6.07, 6.45) is 0. The minimum atomic E-state index is -0.125. The molecular formula is C16H24N6O2S. The molecule has 0 fully saturated rings. The van der Waals surface area contributed by atoms with Crippen LogP contribution in [0.5, 0.6) is 0 Å².